The summed E-state index contributed by atoms with van der Waals surface area (Å²) in [5.41, 5.74) is 3.97. The molecule has 2 aromatic carbocycles. The third-order valence-electron chi connectivity index (χ3n) is 3.00. The molecule has 0 heterocycles. The van der Waals surface area contributed by atoms with E-state index in [2.05, 4.69) is 6.07 Å². The number of hydrogen-bond donors (Lipinski definition) is 0. The lowest BCUT2D eigenvalue weighted by Crippen LogP contribution is -2.12. The van der Waals surface area contributed by atoms with Crippen molar-refractivity contribution in [1.82, 2.24) is 0 Å². The zero-order valence-corrected chi connectivity index (χ0v) is 12.6. The Hall–Kier alpha value is -1.74. The maximum Gasteiger partial charge on any atom is 0.175 e. The van der Waals surface area contributed by atoms with E-state index in [9.17, 15) is 9.00 Å². The first-order valence-corrected chi connectivity index (χ1v) is 8.04. The van der Waals surface area contributed by atoms with Gasteiger partial charge < -0.3 is 0 Å². The summed E-state index contributed by atoms with van der Waals surface area (Å²) in [7, 11) is -1.17. The molecule has 1 atom stereocenters. The number of carbonyl (C=O) groups excluding carboxylic acids is 1. The predicted molar refractivity (Wildman–Crippen MR) is 83.4 cm³/mol. The van der Waals surface area contributed by atoms with Gasteiger partial charge in [0.05, 0.1) is 5.75 Å². The maximum absolute atomic E-state index is 12.1. The Labute approximate surface area is 122 Å². The van der Waals surface area contributed by atoms with E-state index in [0.717, 1.165) is 16.7 Å². The van der Waals surface area contributed by atoms with E-state index in [0.29, 0.717) is 11.3 Å². The van der Waals surface area contributed by atoms with Gasteiger partial charge in [0, 0.05) is 22.1 Å². The first kappa shape index (κ1) is 14.7. The van der Waals surface area contributed by atoms with E-state index >= 15 is 0 Å². The molecular weight excluding hydrogens is 268 g/mol. The first-order chi connectivity index (χ1) is 9.54. The van der Waals surface area contributed by atoms with Gasteiger partial charge in [-0.25, -0.2) is 0 Å². The van der Waals surface area contributed by atoms with Gasteiger partial charge in [0.15, 0.2) is 5.78 Å². The fraction of sp³-hybridized carbons (Fsp3) is 0.235. The minimum atomic E-state index is -1.17. The highest BCUT2D eigenvalue weighted by atomic mass is 32.2. The van der Waals surface area contributed by atoms with Gasteiger partial charge in [-0.05, 0) is 19.4 Å². The van der Waals surface area contributed by atoms with Crippen molar-refractivity contribution < 1.29 is 9.00 Å². The average molecular weight is 286 g/mol. The van der Waals surface area contributed by atoms with Crippen molar-refractivity contribution in [2.45, 2.75) is 19.6 Å². The lowest BCUT2D eigenvalue weighted by molar-refractivity contribution is 0.102. The highest BCUT2D eigenvalue weighted by Gasteiger charge is 2.11. The van der Waals surface area contributed by atoms with Crippen LogP contribution in [0.15, 0.2) is 48.5 Å². The van der Waals surface area contributed by atoms with Gasteiger partial charge >= 0.3 is 0 Å². The van der Waals surface area contributed by atoms with Gasteiger partial charge in [0.2, 0.25) is 0 Å². The number of aryl methyl sites for hydroxylation is 2. The second-order valence-corrected chi connectivity index (χ2v) is 6.47. The molecule has 0 amide bonds. The molecule has 1 unspecified atom stereocenters. The van der Waals surface area contributed by atoms with Crippen LogP contribution in [-0.2, 0) is 16.6 Å². The summed E-state index contributed by atoms with van der Waals surface area (Å²) in [5.74, 6) is 0.450. The van der Waals surface area contributed by atoms with Crippen LogP contribution >= 0.6 is 0 Å². The molecular formula is C17H18O2S. The van der Waals surface area contributed by atoms with Gasteiger partial charge in [0.25, 0.3) is 0 Å². The lowest BCUT2D eigenvalue weighted by Gasteiger charge is -2.05. The summed E-state index contributed by atoms with van der Waals surface area (Å²) in [6.07, 6.45) is 0. The summed E-state index contributed by atoms with van der Waals surface area (Å²) in [5, 5.41) is 0. The molecule has 104 valence electrons. The molecule has 0 fully saturated rings. The Kier molecular flexibility index (Phi) is 4.85. The van der Waals surface area contributed by atoms with E-state index in [1.807, 2.05) is 44.2 Å². The van der Waals surface area contributed by atoms with Crippen LogP contribution in [0.5, 0.6) is 0 Å². The molecule has 0 aliphatic heterocycles. The second kappa shape index (κ2) is 6.62. The Balaban J connectivity index is 2.01. The molecule has 3 heteroatoms. The monoisotopic (exact) mass is 286 g/mol. The summed E-state index contributed by atoms with van der Waals surface area (Å²) in [6.45, 7) is 4.04. The Morgan fingerprint density at radius 1 is 1.00 bits per heavy atom. The zero-order valence-electron chi connectivity index (χ0n) is 11.8. The van der Waals surface area contributed by atoms with E-state index in [1.165, 1.54) is 0 Å². The molecule has 2 rings (SSSR count). The Morgan fingerprint density at radius 3 is 2.20 bits per heavy atom. The molecule has 0 radical (unpaired) electrons. The van der Waals surface area contributed by atoms with Crippen LogP contribution in [-0.4, -0.2) is 15.7 Å². The third-order valence-corrected chi connectivity index (χ3v) is 4.24. The maximum atomic E-state index is 12.1. The van der Waals surface area contributed by atoms with Gasteiger partial charge in [-0.1, -0.05) is 59.7 Å². The van der Waals surface area contributed by atoms with E-state index in [1.54, 1.807) is 12.1 Å². The van der Waals surface area contributed by atoms with Crippen LogP contribution in [0.4, 0.5) is 0 Å². The van der Waals surface area contributed by atoms with Crippen molar-refractivity contribution in [2.24, 2.45) is 0 Å². The standard InChI is InChI=1S/C17H18O2S/c1-13-8-14(2)10-15(9-13)11-20(19)12-17(18)16-6-4-3-5-7-16/h3-10H,11-12H2,1-2H3. The fourth-order valence-corrected chi connectivity index (χ4v) is 3.34. The SMILES string of the molecule is Cc1cc(C)cc(CS(=O)CC(=O)c2ccccc2)c1. The third kappa shape index (κ3) is 4.14. The van der Waals surface area contributed by atoms with Crippen molar-refractivity contribution in [3.8, 4) is 0 Å². The number of hydrogen-bond acceptors (Lipinski definition) is 2. The molecule has 0 saturated carbocycles. The average Bonchev–Trinajstić information content (AvgIpc) is 2.38. The van der Waals surface area contributed by atoms with E-state index in [-0.39, 0.29) is 11.5 Å². The smallest absolute Gasteiger partial charge is 0.175 e. The quantitative estimate of drug-likeness (QED) is 0.789. The normalized spacial score (nSPS) is 12.1. The number of rotatable bonds is 5. The summed E-state index contributed by atoms with van der Waals surface area (Å²) >= 11 is 0. The van der Waals surface area contributed by atoms with E-state index in [4.69, 9.17) is 0 Å². The van der Waals surface area contributed by atoms with Crippen LogP contribution in [0.2, 0.25) is 0 Å². The van der Waals surface area contributed by atoms with Crippen molar-refractivity contribution in [3.63, 3.8) is 0 Å². The molecule has 0 aliphatic carbocycles. The summed E-state index contributed by atoms with van der Waals surface area (Å²) in [6, 6.07) is 15.2. The topological polar surface area (TPSA) is 34.1 Å². The zero-order chi connectivity index (χ0) is 14.5. The molecule has 2 nitrogen and oxygen atoms in total. The molecule has 0 aliphatic rings. The van der Waals surface area contributed by atoms with E-state index < -0.39 is 10.8 Å². The van der Waals surface area contributed by atoms with Crippen LogP contribution in [0.3, 0.4) is 0 Å². The van der Waals surface area contributed by atoms with Crippen molar-refractivity contribution in [1.29, 1.82) is 0 Å². The number of Topliss-reactive ketones (excluding diaryl/α,β-unsaturated/α-hetero) is 1. The van der Waals surface area contributed by atoms with Crippen molar-refractivity contribution in [3.05, 3.63) is 70.8 Å². The number of benzene rings is 2. The predicted octanol–water partition coefficient (Wildman–Crippen LogP) is 3.44. The Bertz CT molecular complexity index is 612. The van der Waals surface area contributed by atoms with Crippen LogP contribution < -0.4 is 0 Å². The van der Waals surface area contributed by atoms with Crippen LogP contribution in [0.25, 0.3) is 0 Å². The molecule has 0 N–H and O–H groups in total. The summed E-state index contributed by atoms with van der Waals surface area (Å²) in [4.78, 5) is 12.0. The van der Waals surface area contributed by atoms with Gasteiger partial charge in [0.1, 0.15) is 0 Å². The minimum Gasteiger partial charge on any atom is -0.293 e. The molecule has 2 aromatic rings. The van der Waals surface area contributed by atoms with Gasteiger partial charge in [-0.15, -0.1) is 0 Å². The van der Waals surface area contributed by atoms with Crippen molar-refractivity contribution in [2.75, 3.05) is 5.75 Å². The molecule has 20 heavy (non-hydrogen) atoms. The number of carbonyl (C=O) groups is 1. The molecule has 0 bridgehead atoms. The van der Waals surface area contributed by atoms with Gasteiger partial charge in [-0.3, -0.25) is 9.00 Å². The lowest BCUT2D eigenvalue weighted by atomic mass is 10.1. The molecule has 0 saturated heterocycles. The Morgan fingerprint density at radius 2 is 1.60 bits per heavy atom. The number of ketones is 1. The fourth-order valence-electron chi connectivity index (χ4n) is 2.24. The second-order valence-electron chi connectivity index (χ2n) is 5.01. The summed E-state index contributed by atoms with van der Waals surface area (Å²) < 4.78 is 12.1. The van der Waals surface area contributed by atoms with Gasteiger partial charge in [-0.2, -0.15) is 0 Å². The highest BCUT2D eigenvalue weighted by Crippen LogP contribution is 2.12. The minimum absolute atomic E-state index is 0.0618. The van der Waals surface area contributed by atoms with Crippen LogP contribution in [0.1, 0.15) is 27.0 Å². The van der Waals surface area contributed by atoms with Crippen LogP contribution in [0, 0.1) is 13.8 Å². The molecule has 0 spiro atoms. The largest absolute Gasteiger partial charge is 0.293 e. The first-order valence-electron chi connectivity index (χ1n) is 6.55. The highest BCUT2D eigenvalue weighted by molar-refractivity contribution is 7.85. The molecule has 0 aromatic heterocycles. The van der Waals surface area contributed by atoms with Crippen molar-refractivity contribution >= 4 is 16.6 Å².